The van der Waals surface area contributed by atoms with E-state index in [1.54, 1.807) is 22.5 Å². The Kier molecular flexibility index (Phi) is 3.53. The van der Waals surface area contributed by atoms with Gasteiger partial charge in [0.15, 0.2) is 0 Å². The molecule has 0 spiro atoms. The lowest BCUT2D eigenvalue weighted by atomic mass is 9.97. The summed E-state index contributed by atoms with van der Waals surface area (Å²) in [4.78, 5) is 24.8. The summed E-state index contributed by atoms with van der Waals surface area (Å²) in [5, 5.41) is 19.6. The highest BCUT2D eigenvalue weighted by Gasteiger charge is 2.22. The number of anilines is 1. The third-order valence-corrected chi connectivity index (χ3v) is 3.93. The highest BCUT2D eigenvalue weighted by molar-refractivity contribution is 7.13. The Labute approximate surface area is 124 Å². The SMILES string of the molecule is O=C(O)c1ccc2c(c1)CN(C(=O)Nc1nncs1)CC2. The first-order valence-corrected chi connectivity index (χ1v) is 7.18. The number of amides is 2. The molecule has 1 aromatic heterocycles. The Morgan fingerprint density at radius 3 is 2.90 bits per heavy atom. The normalized spacial score (nSPS) is 13.6. The van der Waals surface area contributed by atoms with Crippen LogP contribution < -0.4 is 5.32 Å². The van der Waals surface area contributed by atoms with Gasteiger partial charge in [0.1, 0.15) is 5.51 Å². The van der Waals surface area contributed by atoms with Crippen LogP contribution in [0.25, 0.3) is 0 Å². The maximum Gasteiger partial charge on any atom is 0.335 e. The number of hydrogen-bond acceptors (Lipinski definition) is 5. The van der Waals surface area contributed by atoms with Crippen molar-refractivity contribution in [3.63, 3.8) is 0 Å². The molecule has 1 aliphatic rings. The molecule has 2 amide bonds. The van der Waals surface area contributed by atoms with E-state index in [-0.39, 0.29) is 11.6 Å². The molecule has 1 aromatic carbocycles. The van der Waals surface area contributed by atoms with Crippen LogP contribution in [-0.2, 0) is 13.0 Å². The van der Waals surface area contributed by atoms with Gasteiger partial charge in [-0.3, -0.25) is 5.32 Å². The number of aromatic carboxylic acids is 1. The van der Waals surface area contributed by atoms with Crippen molar-refractivity contribution in [2.75, 3.05) is 11.9 Å². The summed E-state index contributed by atoms with van der Waals surface area (Å²) < 4.78 is 0. The van der Waals surface area contributed by atoms with E-state index < -0.39 is 5.97 Å². The molecule has 21 heavy (non-hydrogen) atoms. The van der Waals surface area contributed by atoms with Crippen LogP contribution in [-0.4, -0.2) is 38.7 Å². The minimum atomic E-state index is -0.965. The van der Waals surface area contributed by atoms with Gasteiger partial charge in [0.25, 0.3) is 0 Å². The summed E-state index contributed by atoms with van der Waals surface area (Å²) in [6.07, 6.45) is 0.707. The number of nitrogens with one attached hydrogen (secondary N) is 1. The summed E-state index contributed by atoms with van der Waals surface area (Å²) in [7, 11) is 0. The summed E-state index contributed by atoms with van der Waals surface area (Å²) in [6, 6.07) is 4.79. The molecule has 0 aliphatic carbocycles. The predicted molar refractivity (Wildman–Crippen MR) is 76.4 cm³/mol. The van der Waals surface area contributed by atoms with Crippen molar-refractivity contribution in [2.24, 2.45) is 0 Å². The Balaban J connectivity index is 1.75. The highest BCUT2D eigenvalue weighted by Crippen LogP contribution is 2.21. The zero-order valence-corrected chi connectivity index (χ0v) is 11.8. The Morgan fingerprint density at radius 1 is 1.33 bits per heavy atom. The number of hydrogen-bond donors (Lipinski definition) is 2. The van der Waals surface area contributed by atoms with Crippen LogP contribution in [0.4, 0.5) is 9.93 Å². The lowest BCUT2D eigenvalue weighted by Gasteiger charge is -2.28. The first-order chi connectivity index (χ1) is 10.1. The Bertz CT molecular complexity index is 687. The first kappa shape index (κ1) is 13.5. The number of nitrogens with zero attached hydrogens (tertiary/aromatic N) is 3. The van der Waals surface area contributed by atoms with Crippen molar-refractivity contribution in [3.05, 3.63) is 40.4 Å². The molecule has 0 fully saturated rings. The number of urea groups is 1. The van der Waals surface area contributed by atoms with Crippen LogP contribution in [0.3, 0.4) is 0 Å². The fourth-order valence-electron chi connectivity index (χ4n) is 2.26. The Morgan fingerprint density at radius 2 is 2.19 bits per heavy atom. The molecule has 0 radical (unpaired) electrons. The van der Waals surface area contributed by atoms with Gasteiger partial charge >= 0.3 is 12.0 Å². The van der Waals surface area contributed by atoms with Gasteiger partial charge in [-0.1, -0.05) is 17.4 Å². The van der Waals surface area contributed by atoms with Crippen LogP contribution in [0.15, 0.2) is 23.7 Å². The lowest BCUT2D eigenvalue weighted by molar-refractivity contribution is 0.0696. The van der Waals surface area contributed by atoms with Crippen LogP contribution >= 0.6 is 11.3 Å². The van der Waals surface area contributed by atoms with Gasteiger partial charge in [0.05, 0.1) is 5.56 Å². The molecule has 2 heterocycles. The molecule has 7 nitrogen and oxygen atoms in total. The van der Waals surface area contributed by atoms with Crippen LogP contribution in [0, 0.1) is 0 Å². The average Bonchev–Trinajstić information content (AvgIpc) is 2.98. The van der Waals surface area contributed by atoms with E-state index in [1.165, 1.54) is 11.3 Å². The molecule has 0 saturated carbocycles. The lowest BCUT2D eigenvalue weighted by Crippen LogP contribution is -2.38. The van der Waals surface area contributed by atoms with Crippen molar-refractivity contribution in [3.8, 4) is 0 Å². The number of carbonyl (C=O) groups excluding carboxylic acids is 1. The predicted octanol–water partition coefficient (Wildman–Crippen LogP) is 1.83. The van der Waals surface area contributed by atoms with Gasteiger partial charge in [0, 0.05) is 13.1 Å². The van der Waals surface area contributed by atoms with E-state index in [0.717, 1.165) is 11.1 Å². The summed E-state index contributed by atoms with van der Waals surface area (Å²) >= 11 is 1.25. The number of aromatic nitrogens is 2. The van der Waals surface area contributed by atoms with E-state index in [9.17, 15) is 9.59 Å². The van der Waals surface area contributed by atoms with Crippen molar-refractivity contribution in [1.29, 1.82) is 0 Å². The molecule has 8 heteroatoms. The van der Waals surface area contributed by atoms with Crippen molar-refractivity contribution in [2.45, 2.75) is 13.0 Å². The maximum atomic E-state index is 12.1. The number of benzene rings is 1. The number of rotatable bonds is 2. The fraction of sp³-hybridized carbons (Fsp3) is 0.231. The zero-order valence-electron chi connectivity index (χ0n) is 10.9. The van der Waals surface area contributed by atoms with E-state index >= 15 is 0 Å². The molecule has 0 saturated heterocycles. The molecule has 3 rings (SSSR count). The van der Waals surface area contributed by atoms with E-state index in [4.69, 9.17) is 5.11 Å². The second-order valence-corrected chi connectivity index (χ2v) is 5.47. The molecular weight excluding hydrogens is 292 g/mol. The number of carbonyl (C=O) groups is 2. The van der Waals surface area contributed by atoms with E-state index in [0.29, 0.717) is 24.6 Å². The minimum Gasteiger partial charge on any atom is -0.478 e. The maximum absolute atomic E-state index is 12.1. The average molecular weight is 304 g/mol. The molecular formula is C13H12N4O3S. The molecule has 1 aliphatic heterocycles. The zero-order chi connectivity index (χ0) is 14.8. The van der Waals surface area contributed by atoms with Gasteiger partial charge in [-0.2, -0.15) is 0 Å². The largest absolute Gasteiger partial charge is 0.478 e. The monoisotopic (exact) mass is 304 g/mol. The second-order valence-electron chi connectivity index (χ2n) is 4.63. The molecule has 108 valence electrons. The topological polar surface area (TPSA) is 95.4 Å². The van der Waals surface area contributed by atoms with Crippen molar-refractivity contribution in [1.82, 2.24) is 15.1 Å². The quantitative estimate of drug-likeness (QED) is 0.882. The molecule has 2 aromatic rings. The second kappa shape index (κ2) is 5.49. The number of carboxylic acids is 1. The van der Waals surface area contributed by atoms with Crippen LogP contribution in [0.2, 0.25) is 0 Å². The van der Waals surface area contributed by atoms with Crippen LogP contribution in [0.5, 0.6) is 0 Å². The number of fused-ring (bicyclic) bond motifs is 1. The Hall–Kier alpha value is -2.48. The third-order valence-electron chi connectivity index (χ3n) is 3.33. The summed E-state index contributed by atoms with van der Waals surface area (Å²) in [5.74, 6) is -0.965. The van der Waals surface area contributed by atoms with Crippen LogP contribution in [0.1, 0.15) is 21.5 Å². The summed E-state index contributed by atoms with van der Waals surface area (Å²) in [6.45, 7) is 0.977. The van der Waals surface area contributed by atoms with Crippen molar-refractivity contribution >= 4 is 28.5 Å². The minimum absolute atomic E-state index is 0.236. The van der Waals surface area contributed by atoms with Gasteiger partial charge in [-0.05, 0) is 29.7 Å². The molecule has 2 N–H and O–H groups in total. The molecule has 0 atom stereocenters. The number of carboxylic acid groups (broad SMARTS) is 1. The van der Waals surface area contributed by atoms with Gasteiger partial charge in [-0.25, -0.2) is 9.59 Å². The third kappa shape index (κ3) is 2.84. The van der Waals surface area contributed by atoms with Gasteiger partial charge in [0.2, 0.25) is 5.13 Å². The van der Waals surface area contributed by atoms with Crippen molar-refractivity contribution < 1.29 is 14.7 Å². The standard InChI is InChI=1S/C13H12N4O3S/c18-11(19)9-2-1-8-3-4-17(6-10(8)5-9)13(20)15-12-16-14-7-21-12/h1-2,5,7H,3-4,6H2,(H,18,19)(H,15,16,20). The molecule has 0 bridgehead atoms. The fourth-order valence-corrected chi connectivity index (χ4v) is 2.70. The smallest absolute Gasteiger partial charge is 0.335 e. The van der Waals surface area contributed by atoms with Gasteiger partial charge in [-0.15, -0.1) is 10.2 Å². The van der Waals surface area contributed by atoms with E-state index in [2.05, 4.69) is 15.5 Å². The van der Waals surface area contributed by atoms with Gasteiger partial charge < -0.3 is 10.0 Å². The van der Waals surface area contributed by atoms with E-state index in [1.807, 2.05) is 6.07 Å². The molecule has 0 unspecified atom stereocenters. The first-order valence-electron chi connectivity index (χ1n) is 6.30. The summed E-state index contributed by atoms with van der Waals surface area (Å²) in [5.41, 5.74) is 3.73. The highest BCUT2D eigenvalue weighted by atomic mass is 32.1.